The van der Waals surface area contributed by atoms with Crippen LogP contribution in [0.25, 0.3) is 0 Å². The number of carbonyl (C=O) groups excluding carboxylic acids is 1. The van der Waals surface area contributed by atoms with Crippen molar-refractivity contribution in [2.45, 2.75) is 19.8 Å². The van der Waals surface area contributed by atoms with Crippen molar-refractivity contribution < 1.29 is 14.5 Å². The van der Waals surface area contributed by atoms with Crippen LogP contribution in [0.4, 0.5) is 16.2 Å². The van der Waals surface area contributed by atoms with Crippen LogP contribution < -0.4 is 5.32 Å². The van der Waals surface area contributed by atoms with Crippen molar-refractivity contribution >= 4 is 29.1 Å². The molecule has 0 bridgehead atoms. The van der Waals surface area contributed by atoms with Gasteiger partial charge in [-0.05, 0) is 18.6 Å². The maximum atomic E-state index is 11.3. The van der Waals surface area contributed by atoms with Gasteiger partial charge in [0.05, 0.1) is 17.2 Å². The van der Waals surface area contributed by atoms with E-state index in [1.165, 1.54) is 18.2 Å². The molecule has 6 nitrogen and oxygen atoms in total. The van der Waals surface area contributed by atoms with Crippen molar-refractivity contribution in [3.8, 4) is 0 Å². The second-order valence-electron chi connectivity index (χ2n) is 3.54. The first-order valence-electron chi connectivity index (χ1n) is 5.42. The van der Waals surface area contributed by atoms with Crippen LogP contribution in [0.3, 0.4) is 0 Å². The monoisotopic (exact) mass is 272 g/mol. The highest BCUT2D eigenvalue weighted by Gasteiger charge is 2.14. The van der Waals surface area contributed by atoms with Gasteiger partial charge < -0.3 is 4.74 Å². The Morgan fingerprint density at radius 3 is 2.89 bits per heavy atom. The molecular weight excluding hydrogens is 260 g/mol. The van der Waals surface area contributed by atoms with Crippen LogP contribution in [-0.4, -0.2) is 17.6 Å². The van der Waals surface area contributed by atoms with E-state index < -0.39 is 11.0 Å². The van der Waals surface area contributed by atoms with E-state index >= 15 is 0 Å². The number of nitrogens with zero attached hydrogens (tertiary/aromatic N) is 1. The summed E-state index contributed by atoms with van der Waals surface area (Å²) in [4.78, 5) is 21.3. The molecule has 0 unspecified atom stereocenters. The number of rotatable bonds is 5. The quantitative estimate of drug-likeness (QED) is 0.504. The molecule has 1 aromatic carbocycles. The van der Waals surface area contributed by atoms with E-state index in [9.17, 15) is 14.9 Å². The summed E-state index contributed by atoms with van der Waals surface area (Å²) in [5.74, 6) is 0. The number of nitrogens with one attached hydrogen (secondary N) is 1. The molecule has 0 aliphatic heterocycles. The lowest BCUT2D eigenvalue weighted by Gasteiger charge is -2.06. The van der Waals surface area contributed by atoms with Crippen molar-refractivity contribution in [2.24, 2.45) is 0 Å². The van der Waals surface area contributed by atoms with Crippen LogP contribution in [0.5, 0.6) is 0 Å². The average Bonchev–Trinajstić information content (AvgIpc) is 2.31. The lowest BCUT2D eigenvalue weighted by atomic mass is 10.3. The number of halogens is 1. The van der Waals surface area contributed by atoms with Gasteiger partial charge >= 0.3 is 6.09 Å². The van der Waals surface area contributed by atoms with Crippen LogP contribution in [0, 0.1) is 10.1 Å². The van der Waals surface area contributed by atoms with Crippen molar-refractivity contribution in [1.29, 1.82) is 0 Å². The Labute approximate surface area is 109 Å². The van der Waals surface area contributed by atoms with Crippen molar-refractivity contribution in [2.75, 3.05) is 11.9 Å². The first kappa shape index (κ1) is 14.2. The summed E-state index contributed by atoms with van der Waals surface area (Å²) in [6.45, 7) is 2.29. The molecule has 0 aliphatic carbocycles. The smallest absolute Gasteiger partial charge is 0.411 e. The zero-order valence-corrected chi connectivity index (χ0v) is 10.6. The summed E-state index contributed by atoms with van der Waals surface area (Å²) < 4.78 is 4.86. The molecular formula is C11H13ClN2O4. The molecule has 1 aromatic rings. The maximum absolute atomic E-state index is 11.3. The molecule has 0 saturated carbocycles. The van der Waals surface area contributed by atoms with Gasteiger partial charge in [-0.2, -0.15) is 0 Å². The Morgan fingerprint density at radius 2 is 2.28 bits per heavy atom. The molecule has 1 rings (SSSR count). The van der Waals surface area contributed by atoms with E-state index in [1.54, 1.807) is 0 Å². The van der Waals surface area contributed by atoms with Crippen LogP contribution in [0.15, 0.2) is 18.2 Å². The Hall–Kier alpha value is -1.82. The zero-order chi connectivity index (χ0) is 13.5. The third kappa shape index (κ3) is 4.21. The van der Waals surface area contributed by atoms with Gasteiger partial charge in [0.1, 0.15) is 5.02 Å². The predicted molar refractivity (Wildman–Crippen MR) is 68.0 cm³/mol. The summed E-state index contributed by atoms with van der Waals surface area (Å²) in [5, 5.41) is 13.1. The van der Waals surface area contributed by atoms with E-state index in [2.05, 4.69) is 5.32 Å². The fraction of sp³-hybridized carbons (Fsp3) is 0.364. The van der Waals surface area contributed by atoms with Gasteiger partial charge in [-0.25, -0.2) is 4.79 Å². The van der Waals surface area contributed by atoms with Gasteiger partial charge in [0, 0.05) is 6.07 Å². The Kier molecular flexibility index (Phi) is 5.38. The number of carbonyl (C=O) groups is 1. The van der Waals surface area contributed by atoms with Gasteiger partial charge in [-0.15, -0.1) is 0 Å². The van der Waals surface area contributed by atoms with Crippen LogP contribution in [-0.2, 0) is 4.74 Å². The molecule has 0 saturated heterocycles. The summed E-state index contributed by atoms with van der Waals surface area (Å²) in [6, 6.07) is 4.00. The second-order valence-corrected chi connectivity index (χ2v) is 3.94. The topological polar surface area (TPSA) is 81.5 Å². The van der Waals surface area contributed by atoms with E-state index in [4.69, 9.17) is 16.3 Å². The molecule has 0 spiro atoms. The molecule has 0 radical (unpaired) electrons. The fourth-order valence-corrected chi connectivity index (χ4v) is 1.38. The normalized spacial score (nSPS) is 9.89. The standard InChI is InChI=1S/C11H13ClN2O4/c1-2-3-6-18-11(15)13-8-4-5-9(12)10(7-8)14(16)17/h4-5,7H,2-3,6H2,1H3,(H,13,15). The second kappa shape index (κ2) is 6.80. The van der Waals surface area contributed by atoms with Gasteiger partial charge in [0.15, 0.2) is 0 Å². The molecule has 0 heterocycles. The fourth-order valence-electron chi connectivity index (χ4n) is 1.19. The SMILES string of the molecule is CCCCOC(=O)Nc1ccc(Cl)c([N+](=O)[O-])c1. The zero-order valence-electron chi connectivity index (χ0n) is 9.81. The lowest BCUT2D eigenvalue weighted by Crippen LogP contribution is -2.14. The number of nitro benzene ring substituents is 1. The highest BCUT2D eigenvalue weighted by molar-refractivity contribution is 6.32. The van der Waals surface area contributed by atoms with Gasteiger partial charge in [-0.1, -0.05) is 24.9 Å². The minimum absolute atomic E-state index is 0.0184. The Bertz CT molecular complexity index is 451. The third-order valence-electron chi connectivity index (χ3n) is 2.12. The first-order valence-corrected chi connectivity index (χ1v) is 5.80. The van der Waals surface area contributed by atoms with Crippen molar-refractivity contribution in [3.05, 3.63) is 33.3 Å². The number of nitro groups is 1. The van der Waals surface area contributed by atoms with Crippen LogP contribution >= 0.6 is 11.6 Å². The average molecular weight is 273 g/mol. The molecule has 0 fully saturated rings. The lowest BCUT2D eigenvalue weighted by molar-refractivity contribution is -0.384. The molecule has 0 aliphatic rings. The summed E-state index contributed by atoms with van der Waals surface area (Å²) in [6.07, 6.45) is 1.05. The van der Waals surface area contributed by atoms with Gasteiger partial charge in [0.2, 0.25) is 0 Å². The molecule has 0 aromatic heterocycles. The number of unbranched alkanes of at least 4 members (excludes halogenated alkanes) is 1. The largest absolute Gasteiger partial charge is 0.449 e. The van der Waals surface area contributed by atoms with E-state index in [-0.39, 0.29) is 16.4 Å². The van der Waals surface area contributed by atoms with Gasteiger partial charge in [-0.3, -0.25) is 15.4 Å². The van der Waals surface area contributed by atoms with Crippen LogP contribution in [0.1, 0.15) is 19.8 Å². The first-order chi connectivity index (χ1) is 8.54. The Balaban J connectivity index is 2.65. The Morgan fingerprint density at radius 1 is 1.56 bits per heavy atom. The van der Waals surface area contributed by atoms with Crippen LogP contribution in [0.2, 0.25) is 5.02 Å². The molecule has 7 heteroatoms. The number of anilines is 1. The number of hydrogen-bond donors (Lipinski definition) is 1. The minimum atomic E-state index is -0.639. The van der Waals surface area contributed by atoms with E-state index in [1.807, 2.05) is 6.92 Å². The number of ether oxygens (including phenoxy) is 1. The molecule has 1 amide bonds. The van der Waals surface area contributed by atoms with Crippen molar-refractivity contribution in [3.63, 3.8) is 0 Å². The molecule has 18 heavy (non-hydrogen) atoms. The summed E-state index contributed by atoms with van der Waals surface area (Å²) in [7, 11) is 0. The molecule has 1 N–H and O–H groups in total. The number of benzene rings is 1. The highest BCUT2D eigenvalue weighted by Crippen LogP contribution is 2.27. The number of hydrogen-bond acceptors (Lipinski definition) is 4. The maximum Gasteiger partial charge on any atom is 0.411 e. The third-order valence-corrected chi connectivity index (χ3v) is 2.44. The molecule has 98 valence electrons. The molecule has 0 atom stereocenters. The minimum Gasteiger partial charge on any atom is -0.449 e. The number of amides is 1. The van der Waals surface area contributed by atoms with E-state index in [0.717, 1.165) is 12.8 Å². The summed E-state index contributed by atoms with van der Waals surface area (Å²) in [5.41, 5.74) is 0.00984. The predicted octanol–water partition coefficient (Wildman–Crippen LogP) is 3.60. The van der Waals surface area contributed by atoms with Gasteiger partial charge in [0.25, 0.3) is 5.69 Å². The highest BCUT2D eigenvalue weighted by atomic mass is 35.5. The summed E-state index contributed by atoms with van der Waals surface area (Å²) >= 11 is 5.64. The van der Waals surface area contributed by atoms with E-state index in [0.29, 0.717) is 6.61 Å². The van der Waals surface area contributed by atoms with Crippen molar-refractivity contribution in [1.82, 2.24) is 0 Å².